The van der Waals surface area contributed by atoms with Gasteiger partial charge in [-0.25, -0.2) is 9.59 Å². The second-order valence-corrected chi connectivity index (χ2v) is 15.0. The Bertz CT molecular complexity index is 1540. The molecule has 0 aromatic carbocycles. The summed E-state index contributed by atoms with van der Waals surface area (Å²) in [6, 6.07) is 2.08. The van der Waals surface area contributed by atoms with Crippen LogP contribution in [-0.2, 0) is 38.1 Å². The maximum atomic E-state index is 14.3. The highest BCUT2D eigenvalue weighted by molar-refractivity contribution is 6.00. The number of rotatable bonds is 5. The number of nitriles is 1. The van der Waals surface area contributed by atoms with E-state index in [2.05, 4.69) is 5.32 Å². The molecule has 3 aliphatic rings. The summed E-state index contributed by atoms with van der Waals surface area (Å²) < 4.78 is 31.5. The molecule has 1 aromatic heterocycles. The number of hydrogen-bond acceptors (Lipinski definition) is 13. The van der Waals surface area contributed by atoms with E-state index in [1.54, 1.807) is 27.7 Å². The zero-order chi connectivity index (χ0) is 38.2. The number of fused-ring (bicyclic) bond motifs is 1. The number of aliphatic hydroxyl groups is 1. The fourth-order valence-electron chi connectivity index (χ4n) is 7.91. The summed E-state index contributed by atoms with van der Waals surface area (Å²) in [7, 11) is 3.62. The number of ketones is 2. The topological polar surface area (TPSA) is 196 Å². The highest BCUT2D eigenvalue weighted by Crippen LogP contribution is 2.40. The fraction of sp³-hybridized carbons (Fsp3) is 0.722. The summed E-state index contributed by atoms with van der Waals surface area (Å²) >= 11 is 0. The van der Waals surface area contributed by atoms with Gasteiger partial charge in [-0.1, -0.05) is 27.7 Å². The lowest BCUT2D eigenvalue weighted by molar-refractivity contribution is -0.292. The number of esters is 1. The van der Waals surface area contributed by atoms with Crippen molar-refractivity contribution in [2.45, 2.75) is 129 Å². The van der Waals surface area contributed by atoms with E-state index >= 15 is 0 Å². The molecule has 282 valence electrons. The van der Waals surface area contributed by atoms with Gasteiger partial charge in [0.2, 0.25) is 0 Å². The molecule has 0 spiro atoms. The molecule has 13 atom stereocenters. The van der Waals surface area contributed by atoms with E-state index in [0.717, 1.165) is 4.57 Å². The molecule has 0 bridgehead atoms. The van der Waals surface area contributed by atoms with Crippen molar-refractivity contribution in [1.82, 2.24) is 14.8 Å². The lowest BCUT2D eigenvalue weighted by atomic mass is 9.73. The Hall–Kier alpha value is -3.84. The normalized spacial score (nSPS) is 39.6. The molecule has 15 nitrogen and oxygen atoms in total. The van der Waals surface area contributed by atoms with Gasteiger partial charge in [0.15, 0.2) is 17.7 Å². The van der Waals surface area contributed by atoms with Crippen LogP contribution >= 0.6 is 0 Å². The van der Waals surface area contributed by atoms with Crippen LogP contribution in [0.15, 0.2) is 18.5 Å². The molecule has 2 N–H and O–H groups in total. The molecule has 0 aliphatic carbocycles. The van der Waals surface area contributed by atoms with Crippen LogP contribution in [-0.4, -0.2) is 112 Å². The summed E-state index contributed by atoms with van der Waals surface area (Å²) in [5.74, 6) is -6.09. The Balaban J connectivity index is 1.86. The van der Waals surface area contributed by atoms with Gasteiger partial charge >= 0.3 is 18.2 Å². The highest BCUT2D eigenvalue weighted by Gasteiger charge is 2.57. The van der Waals surface area contributed by atoms with Crippen LogP contribution in [0.4, 0.5) is 9.59 Å². The minimum atomic E-state index is -1.78. The Kier molecular flexibility index (Phi) is 12.1. The molecular weight excluding hydrogens is 664 g/mol. The smallest absolute Gasteiger partial charge is 0.418 e. The summed E-state index contributed by atoms with van der Waals surface area (Å²) in [5.41, 5.74) is -3.04. The number of nitrogens with one attached hydrogen (secondary N) is 1. The first-order valence-electron chi connectivity index (χ1n) is 17.5. The van der Waals surface area contributed by atoms with E-state index in [4.69, 9.17) is 23.7 Å². The summed E-state index contributed by atoms with van der Waals surface area (Å²) in [6.45, 7) is 12.9. The second-order valence-electron chi connectivity index (χ2n) is 15.0. The van der Waals surface area contributed by atoms with Crippen molar-refractivity contribution >= 4 is 29.7 Å². The second kappa shape index (κ2) is 15.4. The van der Waals surface area contributed by atoms with Crippen molar-refractivity contribution in [3.05, 3.63) is 24.0 Å². The standard InChI is InChI=1S/C36H52N4O11/c1-11-25-36(8)29(38-33(45)50-36)20(4)26(41)18(2)15-35(7,51-34(46)40-13-12-23(16-37)17-40)30(21(5)27(42)22(6)31(44)48-25)49-32-28(43)24(39(9)10)14-19(3)47-32/h12-13,17-22,24-25,28-30,32,43H,11,14-15H2,1-10H3,(H,38,45)/t18-,19-,20+,21+,22-,24+,25-,28-,29-,30-,32+,35-,36-/m1/s1. The zero-order valence-corrected chi connectivity index (χ0v) is 31.1. The molecule has 15 heteroatoms. The third-order valence-electron chi connectivity index (χ3n) is 10.8. The van der Waals surface area contributed by atoms with Gasteiger partial charge in [0.05, 0.1) is 17.7 Å². The average molecular weight is 717 g/mol. The minimum Gasteiger partial charge on any atom is -0.458 e. The van der Waals surface area contributed by atoms with Crippen molar-refractivity contribution in [2.75, 3.05) is 14.1 Å². The van der Waals surface area contributed by atoms with Gasteiger partial charge in [-0.3, -0.25) is 19.0 Å². The molecule has 1 amide bonds. The fourth-order valence-corrected chi connectivity index (χ4v) is 7.91. The number of aliphatic hydroxyl groups excluding tert-OH is 1. The molecule has 0 radical (unpaired) electrons. The first kappa shape index (κ1) is 39.9. The van der Waals surface area contributed by atoms with Crippen molar-refractivity contribution in [3.8, 4) is 6.07 Å². The Morgan fingerprint density at radius 2 is 1.78 bits per heavy atom. The van der Waals surface area contributed by atoms with Crippen LogP contribution in [0.1, 0.15) is 80.2 Å². The quantitative estimate of drug-likeness (QED) is 0.256. The predicted octanol–water partition coefficient (Wildman–Crippen LogP) is 3.19. The number of ether oxygens (including phenoxy) is 5. The summed E-state index contributed by atoms with van der Waals surface area (Å²) in [5, 5.41) is 23.5. The molecular formula is C36H52N4O11. The molecule has 51 heavy (non-hydrogen) atoms. The number of Topliss-reactive ketones (excluding diaryl/α,β-unsaturated/α-hetero) is 2. The number of amides is 1. The summed E-state index contributed by atoms with van der Waals surface area (Å²) in [4.78, 5) is 70.5. The van der Waals surface area contributed by atoms with Gasteiger partial charge in [-0.15, -0.1) is 0 Å². The number of carbonyl (C=O) groups is 5. The average Bonchev–Trinajstić information content (AvgIpc) is 3.68. The van der Waals surface area contributed by atoms with Gasteiger partial charge in [0, 0.05) is 36.2 Å². The highest BCUT2D eigenvalue weighted by atomic mass is 16.7. The lowest BCUT2D eigenvalue weighted by Gasteiger charge is -2.47. The third kappa shape index (κ3) is 7.99. The number of nitrogens with zero attached hydrogens (tertiary/aromatic N) is 3. The van der Waals surface area contributed by atoms with E-state index < -0.39 is 89.5 Å². The first-order valence-corrected chi connectivity index (χ1v) is 17.5. The maximum absolute atomic E-state index is 14.3. The van der Waals surface area contributed by atoms with Crippen LogP contribution in [0, 0.1) is 35.0 Å². The van der Waals surface area contributed by atoms with Crippen LogP contribution in [0.25, 0.3) is 0 Å². The van der Waals surface area contributed by atoms with Crippen LogP contribution in [0.5, 0.6) is 0 Å². The molecule has 3 aliphatic heterocycles. The SMILES string of the molecule is CC[C@H]1OC(=O)[C@H](C)C(=O)[C@H](C)[C@@H](O[C@@H]2O[C@H](C)C[C@H](N(C)C)[C@H]2O)[C@](C)(OC(=O)n2ccc(C#N)c2)C[C@@H](C)C(=O)[C@H](C)[C@H]2NC(=O)O[C@@]21C. The van der Waals surface area contributed by atoms with Gasteiger partial charge < -0.3 is 39.0 Å². The van der Waals surface area contributed by atoms with E-state index in [1.165, 1.54) is 39.2 Å². The number of likely N-dealkylation sites (N-methyl/N-ethyl adjacent to an activating group) is 1. The number of hydrogen-bond donors (Lipinski definition) is 2. The molecule has 0 saturated carbocycles. The Labute approximate surface area is 298 Å². The summed E-state index contributed by atoms with van der Waals surface area (Å²) in [6.07, 6.45) is -3.78. The largest absolute Gasteiger partial charge is 0.458 e. The zero-order valence-electron chi connectivity index (χ0n) is 31.1. The maximum Gasteiger partial charge on any atom is 0.418 e. The lowest BCUT2D eigenvalue weighted by Crippen LogP contribution is -2.60. The Morgan fingerprint density at radius 3 is 2.37 bits per heavy atom. The molecule has 1 aromatic rings. The van der Waals surface area contributed by atoms with Gasteiger partial charge in [-0.2, -0.15) is 5.26 Å². The molecule has 3 saturated heterocycles. The van der Waals surface area contributed by atoms with Crippen molar-refractivity contribution in [1.29, 1.82) is 5.26 Å². The van der Waals surface area contributed by atoms with Gasteiger partial charge in [-0.05, 0) is 67.1 Å². The molecule has 4 rings (SSSR count). The van der Waals surface area contributed by atoms with Crippen LogP contribution in [0.2, 0.25) is 0 Å². The molecule has 3 fully saturated rings. The Morgan fingerprint density at radius 1 is 1.12 bits per heavy atom. The van der Waals surface area contributed by atoms with Crippen LogP contribution in [0.3, 0.4) is 0 Å². The van der Waals surface area contributed by atoms with Crippen LogP contribution < -0.4 is 5.32 Å². The number of carbonyl (C=O) groups excluding carboxylic acids is 5. The van der Waals surface area contributed by atoms with E-state index in [-0.39, 0.29) is 36.3 Å². The number of aromatic nitrogens is 1. The number of alkyl carbamates (subject to hydrolysis) is 1. The molecule has 0 unspecified atom stereocenters. The van der Waals surface area contributed by atoms with E-state index in [1.807, 2.05) is 32.0 Å². The van der Waals surface area contributed by atoms with Gasteiger partial charge in [0.1, 0.15) is 41.7 Å². The number of cyclic esters (lactones) is 1. The van der Waals surface area contributed by atoms with Gasteiger partial charge in [0.25, 0.3) is 0 Å². The monoisotopic (exact) mass is 716 g/mol. The van der Waals surface area contributed by atoms with Crippen molar-refractivity contribution in [2.24, 2.45) is 23.7 Å². The predicted molar refractivity (Wildman–Crippen MR) is 180 cm³/mol. The minimum absolute atomic E-state index is 0.180. The third-order valence-corrected chi connectivity index (χ3v) is 10.8. The van der Waals surface area contributed by atoms with E-state index in [9.17, 15) is 34.3 Å². The van der Waals surface area contributed by atoms with E-state index in [0.29, 0.717) is 6.42 Å². The van der Waals surface area contributed by atoms with Crippen molar-refractivity contribution in [3.63, 3.8) is 0 Å². The van der Waals surface area contributed by atoms with Crippen molar-refractivity contribution < 1.29 is 52.8 Å². The molecule has 4 heterocycles. The first-order chi connectivity index (χ1) is 23.8.